The summed E-state index contributed by atoms with van der Waals surface area (Å²) >= 11 is 3.20. The van der Waals surface area contributed by atoms with Crippen LogP contribution in [0.1, 0.15) is 20.7 Å². The molecule has 6 heteroatoms. The average Bonchev–Trinajstić information content (AvgIpc) is 2.41. The van der Waals surface area contributed by atoms with Gasteiger partial charge < -0.3 is 15.5 Å². The van der Waals surface area contributed by atoms with Crippen molar-refractivity contribution in [2.24, 2.45) is 0 Å². The predicted molar refractivity (Wildman–Crippen MR) is 77.2 cm³/mol. The summed E-state index contributed by atoms with van der Waals surface area (Å²) in [4.78, 5) is 23.1. The molecule has 20 heavy (non-hydrogen) atoms. The summed E-state index contributed by atoms with van der Waals surface area (Å²) in [5.41, 5.74) is 0.208. The van der Waals surface area contributed by atoms with Gasteiger partial charge in [0, 0.05) is 4.47 Å². The van der Waals surface area contributed by atoms with Gasteiger partial charge in [-0.2, -0.15) is 0 Å². The van der Waals surface area contributed by atoms with Crippen molar-refractivity contribution in [3.8, 4) is 5.75 Å². The molecule has 2 aromatic rings. The predicted octanol–water partition coefficient (Wildman–Crippen LogP) is 3.11. The number of carbonyl (C=O) groups excluding carboxylic acids is 1. The van der Waals surface area contributed by atoms with Crippen LogP contribution in [-0.4, -0.2) is 22.1 Å². The van der Waals surface area contributed by atoms with E-state index in [0.29, 0.717) is 4.47 Å². The number of amides is 1. The van der Waals surface area contributed by atoms with Crippen molar-refractivity contribution < 1.29 is 19.8 Å². The van der Waals surface area contributed by atoms with E-state index < -0.39 is 11.9 Å². The lowest BCUT2D eigenvalue weighted by molar-refractivity contribution is 0.0698. The number of carbonyl (C=O) groups is 2. The van der Waals surface area contributed by atoms with Gasteiger partial charge in [0.15, 0.2) is 0 Å². The highest BCUT2D eigenvalue weighted by Crippen LogP contribution is 2.24. The minimum Gasteiger partial charge on any atom is -0.507 e. The van der Waals surface area contributed by atoms with Crippen LogP contribution in [-0.2, 0) is 0 Å². The Labute approximate surface area is 123 Å². The highest BCUT2D eigenvalue weighted by atomic mass is 79.9. The number of para-hydroxylation sites is 1. The van der Waals surface area contributed by atoms with Crippen LogP contribution in [0.4, 0.5) is 5.69 Å². The molecule has 2 aromatic carbocycles. The van der Waals surface area contributed by atoms with Gasteiger partial charge in [-0.1, -0.05) is 28.1 Å². The van der Waals surface area contributed by atoms with Gasteiger partial charge in [0.2, 0.25) is 0 Å². The normalized spacial score (nSPS) is 10.1. The smallest absolute Gasteiger partial charge is 0.337 e. The summed E-state index contributed by atoms with van der Waals surface area (Å²) in [6, 6.07) is 10.5. The van der Waals surface area contributed by atoms with Crippen molar-refractivity contribution >= 4 is 33.5 Å². The number of nitrogens with one attached hydrogen (secondary N) is 1. The largest absolute Gasteiger partial charge is 0.507 e. The fourth-order valence-corrected chi connectivity index (χ4v) is 2.02. The van der Waals surface area contributed by atoms with Crippen LogP contribution in [0.15, 0.2) is 46.9 Å². The minimum atomic E-state index is -1.14. The Balaban J connectivity index is 2.33. The standard InChI is InChI=1S/C14H10BrNO4/c15-8-5-6-12(17)10(7-8)13(18)16-11-4-2-1-3-9(11)14(19)20/h1-7,17H,(H,16,18)(H,19,20). The maximum absolute atomic E-state index is 12.1. The summed E-state index contributed by atoms with van der Waals surface area (Å²) in [5.74, 6) is -1.91. The summed E-state index contributed by atoms with van der Waals surface area (Å²) < 4.78 is 0.631. The summed E-state index contributed by atoms with van der Waals surface area (Å²) in [6.45, 7) is 0. The van der Waals surface area contributed by atoms with Gasteiger partial charge in [-0.3, -0.25) is 4.79 Å². The topological polar surface area (TPSA) is 86.6 Å². The van der Waals surface area contributed by atoms with Gasteiger partial charge in [0.05, 0.1) is 16.8 Å². The zero-order valence-electron chi connectivity index (χ0n) is 10.1. The molecule has 0 bridgehead atoms. The molecule has 0 spiro atoms. The summed E-state index contributed by atoms with van der Waals surface area (Å²) in [5, 5.41) is 21.2. The molecule has 0 saturated carbocycles. The molecule has 0 unspecified atom stereocenters. The molecule has 0 atom stereocenters. The summed E-state index contributed by atoms with van der Waals surface area (Å²) in [7, 11) is 0. The molecule has 0 aromatic heterocycles. The number of anilines is 1. The quantitative estimate of drug-likeness (QED) is 0.804. The molecule has 102 valence electrons. The number of phenolic OH excluding ortho intramolecular Hbond substituents is 1. The number of hydrogen-bond donors (Lipinski definition) is 3. The molecule has 0 heterocycles. The van der Waals surface area contributed by atoms with Gasteiger partial charge in [0.25, 0.3) is 5.91 Å². The van der Waals surface area contributed by atoms with Crippen LogP contribution in [0.25, 0.3) is 0 Å². The number of aromatic hydroxyl groups is 1. The zero-order valence-corrected chi connectivity index (χ0v) is 11.7. The lowest BCUT2D eigenvalue weighted by Crippen LogP contribution is -2.15. The third-order valence-corrected chi connectivity index (χ3v) is 3.10. The SMILES string of the molecule is O=C(Nc1ccccc1C(=O)O)c1cc(Br)ccc1O. The molecule has 0 radical (unpaired) electrons. The average molecular weight is 336 g/mol. The Morgan fingerprint density at radius 3 is 2.45 bits per heavy atom. The number of halogens is 1. The molecule has 0 fully saturated rings. The second-order valence-electron chi connectivity index (χ2n) is 3.97. The Hall–Kier alpha value is -2.34. The third-order valence-electron chi connectivity index (χ3n) is 2.61. The van der Waals surface area contributed by atoms with E-state index in [1.165, 1.54) is 24.3 Å². The number of aromatic carboxylic acids is 1. The molecular formula is C14H10BrNO4. The molecule has 0 saturated heterocycles. The first-order valence-corrected chi connectivity index (χ1v) is 6.40. The fraction of sp³-hybridized carbons (Fsp3) is 0. The first-order valence-electron chi connectivity index (χ1n) is 5.61. The van der Waals surface area contributed by atoms with E-state index in [9.17, 15) is 14.7 Å². The fourth-order valence-electron chi connectivity index (χ4n) is 1.66. The number of carboxylic acids is 1. The van der Waals surface area contributed by atoms with Crippen LogP contribution in [0, 0.1) is 0 Å². The number of benzene rings is 2. The minimum absolute atomic E-state index is 0.0182. The van der Waals surface area contributed by atoms with Crippen LogP contribution >= 0.6 is 15.9 Å². The maximum Gasteiger partial charge on any atom is 0.337 e. The van der Waals surface area contributed by atoms with E-state index in [1.807, 2.05) is 0 Å². The Kier molecular flexibility index (Phi) is 4.05. The first-order chi connectivity index (χ1) is 9.49. The van der Waals surface area contributed by atoms with E-state index in [0.717, 1.165) is 0 Å². The Morgan fingerprint density at radius 1 is 1.05 bits per heavy atom. The maximum atomic E-state index is 12.1. The Bertz CT molecular complexity index is 685. The lowest BCUT2D eigenvalue weighted by Gasteiger charge is -2.09. The molecule has 0 aliphatic carbocycles. The number of hydrogen-bond acceptors (Lipinski definition) is 3. The van der Waals surface area contributed by atoms with E-state index in [4.69, 9.17) is 5.11 Å². The van der Waals surface area contributed by atoms with E-state index >= 15 is 0 Å². The lowest BCUT2D eigenvalue weighted by atomic mass is 10.1. The van der Waals surface area contributed by atoms with E-state index in [2.05, 4.69) is 21.2 Å². The van der Waals surface area contributed by atoms with Crippen molar-refractivity contribution in [2.75, 3.05) is 5.32 Å². The van der Waals surface area contributed by atoms with Crippen molar-refractivity contribution in [1.82, 2.24) is 0 Å². The summed E-state index contributed by atoms with van der Waals surface area (Å²) in [6.07, 6.45) is 0. The first kappa shape index (κ1) is 14.1. The number of rotatable bonds is 3. The van der Waals surface area contributed by atoms with Gasteiger partial charge in [-0.05, 0) is 30.3 Å². The van der Waals surface area contributed by atoms with Crippen molar-refractivity contribution in [3.05, 3.63) is 58.1 Å². The molecule has 0 aliphatic rings. The Morgan fingerprint density at radius 2 is 1.75 bits per heavy atom. The monoisotopic (exact) mass is 335 g/mol. The highest BCUT2D eigenvalue weighted by molar-refractivity contribution is 9.10. The second kappa shape index (κ2) is 5.75. The number of carboxylic acid groups (broad SMARTS) is 1. The molecular weight excluding hydrogens is 326 g/mol. The zero-order chi connectivity index (χ0) is 14.7. The molecule has 0 aliphatic heterocycles. The van der Waals surface area contributed by atoms with Crippen LogP contribution in [0.2, 0.25) is 0 Å². The van der Waals surface area contributed by atoms with Crippen molar-refractivity contribution in [1.29, 1.82) is 0 Å². The second-order valence-corrected chi connectivity index (χ2v) is 4.88. The van der Waals surface area contributed by atoms with Crippen LogP contribution in [0.3, 0.4) is 0 Å². The van der Waals surface area contributed by atoms with Crippen LogP contribution < -0.4 is 5.32 Å². The van der Waals surface area contributed by atoms with Gasteiger partial charge >= 0.3 is 5.97 Å². The van der Waals surface area contributed by atoms with E-state index in [1.54, 1.807) is 18.2 Å². The third kappa shape index (κ3) is 2.97. The van der Waals surface area contributed by atoms with Crippen LogP contribution in [0.5, 0.6) is 5.75 Å². The molecule has 5 nitrogen and oxygen atoms in total. The van der Waals surface area contributed by atoms with Crippen molar-refractivity contribution in [3.63, 3.8) is 0 Å². The molecule has 3 N–H and O–H groups in total. The van der Waals surface area contributed by atoms with Gasteiger partial charge in [-0.15, -0.1) is 0 Å². The number of phenols is 1. The van der Waals surface area contributed by atoms with Gasteiger partial charge in [-0.25, -0.2) is 4.79 Å². The van der Waals surface area contributed by atoms with Gasteiger partial charge in [0.1, 0.15) is 5.75 Å². The van der Waals surface area contributed by atoms with Crippen molar-refractivity contribution in [2.45, 2.75) is 0 Å². The molecule has 2 rings (SSSR count). The highest BCUT2D eigenvalue weighted by Gasteiger charge is 2.15. The van der Waals surface area contributed by atoms with E-state index in [-0.39, 0.29) is 22.6 Å². The molecule has 1 amide bonds.